The number of hydrogen-bond acceptors (Lipinski definition) is 5. The number of carbonyl (C=O) groups is 1. The molecule has 1 spiro atoms. The zero-order chi connectivity index (χ0) is 18.5. The van der Waals surface area contributed by atoms with Crippen LogP contribution in [-0.2, 0) is 9.63 Å². The number of rotatable bonds is 4. The van der Waals surface area contributed by atoms with Crippen LogP contribution in [0.2, 0.25) is 0 Å². The lowest BCUT2D eigenvalue weighted by Crippen LogP contribution is -2.49. The lowest BCUT2D eigenvalue weighted by atomic mass is 9.63. The van der Waals surface area contributed by atoms with Crippen LogP contribution in [0.4, 0.5) is 5.69 Å². The lowest BCUT2D eigenvalue weighted by Gasteiger charge is -2.44. The first kappa shape index (κ1) is 16.9. The van der Waals surface area contributed by atoms with E-state index in [9.17, 15) is 14.9 Å². The Bertz CT molecular complexity index is 842. The summed E-state index contributed by atoms with van der Waals surface area (Å²) in [5.74, 6) is 0.918. The number of nitrogens with zero attached hydrogens (tertiary/aromatic N) is 2. The van der Waals surface area contributed by atoms with E-state index in [0.29, 0.717) is 29.5 Å². The van der Waals surface area contributed by atoms with E-state index < -0.39 is 4.92 Å². The minimum atomic E-state index is -0.449. The average molecular weight is 354 g/mol. The highest BCUT2D eigenvalue weighted by Crippen LogP contribution is 2.65. The predicted molar refractivity (Wildman–Crippen MR) is 97.6 cm³/mol. The van der Waals surface area contributed by atoms with Crippen molar-refractivity contribution in [1.29, 1.82) is 0 Å². The van der Waals surface area contributed by atoms with Crippen LogP contribution in [0.3, 0.4) is 0 Å². The Morgan fingerprint density at radius 3 is 2.81 bits per heavy atom. The molecule has 2 saturated carbocycles. The molecule has 0 N–H and O–H groups in total. The summed E-state index contributed by atoms with van der Waals surface area (Å²) in [6.07, 6.45) is 7.12. The van der Waals surface area contributed by atoms with Gasteiger partial charge in [-0.15, -0.1) is 0 Å². The highest BCUT2D eigenvalue weighted by atomic mass is 16.7. The third kappa shape index (κ3) is 2.39. The van der Waals surface area contributed by atoms with E-state index in [1.54, 1.807) is 18.2 Å². The number of nitro groups is 1. The van der Waals surface area contributed by atoms with Crippen LogP contribution in [0.5, 0.6) is 0 Å². The van der Waals surface area contributed by atoms with Gasteiger partial charge in [0, 0.05) is 29.9 Å². The number of benzene rings is 1. The number of oxime groups is 1. The van der Waals surface area contributed by atoms with Gasteiger partial charge in [-0.25, -0.2) is 0 Å². The number of allylic oxidation sites excluding steroid dienone is 1. The molecule has 0 amide bonds. The number of ketones is 1. The Morgan fingerprint density at radius 2 is 2.12 bits per heavy atom. The molecule has 6 nitrogen and oxygen atoms in total. The first-order valence-electron chi connectivity index (χ1n) is 9.05. The number of hydrogen-bond donors (Lipinski definition) is 0. The molecule has 1 aromatic rings. The van der Waals surface area contributed by atoms with E-state index in [1.807, 2.05) is 0 Å². The van der Waals surface area contributed by atoms with Gasteiger partial charge in [0.2, 0.25) is 5.78 Å². The van der Waals surface area contributed by atoms with Crippen molar-refractivity contribution in [3.63, 3.8) is 0 Å². The van der Waals surface area contributed by atoms with E-state index in [4.69, 9.17) is 4.84 Å². The third-order valence-electron chi connectivity index (χ3n) is 6.74. The van der Waals surface area contributed by atoms with Crippen molar-refractivity contribution in [2.45, 2.75) is 45.1 Å². The standard InChI is InChI=1S/C20H22N2O4/c1-19(2)14-7-8-15(11-14)20(19)12-17(21-26-20)18(23)9-6-13-4-3-5-16(10-13)22(24)25/h3-6,9-10,14-15H,7-8,11-12H2,1-2H3/b9-6+. The number of nitro benzene ring substituents is 1. The van der Waals surface area contributed by atoms with Gasteiger partial charge in [-0.1, -0.05) is 37.2 Å². The summed E-state index contributed by atoms with van der Waals surface area (Å²) in [7, 11) is 0. The normalized spacial score (nSPS) is 31.4. The third-order valence-corrected chi connectivity index (χ3v) is 6.74. The number of non-ortho nitro benzene ring substituents is 1. The molecule has 3 aliphatic rings. The summed E-state index contributed by atoms with van der Waals surface area (Å²) in [6.45, 7) is 4.47. The summed E-state index contributed by atoms with van der Waals surface area (Å²) < 4.78 is 0. The lowest BCUT2D eigenvalue weighted by molar-refractivity contribution is -0.384. The van der Waals surface area contributed by atoms with E-state index in [-0.39, 0.29) is 22.5 Å². The van der Waals surface area contributed by atoms with Gasteiger partial charge >= 0.3 is 0 Å². The summed E-state index contributed by atoms with van der Waals surface area (Å²) in [6, 6.07) is 6.20. The molecule has 2 bridgehead atoms. The molecule has 4 rings (SSSR count). The monoisotopic (exact) mass is 354 g/mol. The fourth-order valence-corrected chi connectivity index (χ4v) is 5.09. The fraction of sp³-hybridized carbons (Fsp3) is 0.500. The highest BCUT2D eigenvalue weighted by molar-refractivity contribution is 6.45. The van der Waals surface area contributed by atoms with Gasteiger partial charge in [0.05, 0.1) is 4.92 Å². The molecule has 2 aliphatic carbocycles. The van der Waals surface area contributed by atoms with Crippen LogP contribution in [0.1, 0.15) is 45.1 Å². The number of carbonyl (C=O) groups excluding carboxylic acids is 1. The zero-order valence-corrected chi connectivity index (χ0v) is 15.0. The molecule has 6 heteroatoms. The first-order chi connectivity index (χ1) is 12.3. The molecule has 1 heterocycles. The molecule has 0 radical (unpaired) electrons. The summed E-state index contributed by atoms with van der Waals surface area (Å²) in [4.78, 5) is 28.9. The first-order valence-corrected chi connectivity index (χ1v) is 9.05. The molecular formula is C20H22N2O4. The van der Waals surface area contributed by atoms with Crippen molar-refractivity contribution in [1.82, 2.24) is 0 Å². The van der Waals surface area contributed by atoms with Gasteiger partial charge in [-0.2, -0.15) is 0 Å². The summed E-state index contributed by atoms with van der Waals surface area (Å²) in [5.41, 5.74) is 0.740. The fourth-order valence-electron chi connectivity index (χ4n) is 5.09. The second kappa shape index (κ2) is 5.76. The van der Waals surface area contributed by atoms with Gasteiger partial charge in [0.25, 0.3) is 5.69 Å². The maximum absolute atomic E-state index is 12.6. The smallest absolute Gasteiger partial charge is 0.270 e. The van der Waals surface area contributed by atoms with E-state index in [2.05, 4.69) is 19.0 Å². The SMILES string of the molecule is CC1(C)C2CCC(C2)C12CC(C(=O)/C=C/c1cccc([N+](=O)[O-])c1)=NO2. The second-order valence-corrected chi connectivity index (χ2v) is 8.17. The molecular weight excluding hydrogens is 332 g/mol. The van der Waals surface area contributed by atoms with Gasteiger partial charge < -0.3 is 4.84 Å². The minimum Gasteiger partial charge on any atom is -0.388 e. The minimum absolute atomic E-state index is 0.00354. The zero-order valence-electron chi connectivity index (χ0n) is 15.0. The molecule has 2 fully saturated rings. The molecule has 0 saturated heterocycles. The van der Waals surface area contributed by atoms with Crippen molar-refractivity contribution in [3.8, 4) is 0 Å². The van der Waals surface area contributed by atoms with Gasteiger partial charge in [-0.05, 0) is 36.8 Å². The summed E-state index contributed by atoms with van der Waals surface area (Å²) in [5, 5.41) is 15.0. The maximum atomic E-state index is 12.6. The Labute approximate surface area is 152 Å². The van der Waals surface area contributed by atoms with Gasteiger partial charge in [0.15, 0.2) is 5.60 Å². The van der Waals surface area contributed by atoms with Crippen LogP contribution >= 0.6 is 0 Å². The topological polar surface area (TPSA) is 81.8 Å². The van der Waals surface area contributed by atoms with Crippen molar-refractivity contribution < 1.29 is 14.6 Å². The molecule has 136 valence electrons. The number of fused-ring (bicyclic) bond motifs is 3. The van der Waals surface area contributed by atoms with E-state index >= 15 is 0 Å². The second-order valence-electron chi connectivity index (χ2n) is 8.17. The largest absolute Gasteiger partial charge is 0.388 e. The quantitative estimate of drug-likeness (QED) is 0.462. The van der Waals surface area contributed by atoms with Crippen molar-refractivity contribution in [2.75, 3.05) is 0 Å². The molecule has 3 atom stereocenters. The van der Waals surface area contributed by atoms with Crippen molar-refractivity contribution in [3.05, 3.63) is 46.0 Å². The van der Waals surface area contributed by atoms with Crippen LogP contribution in [0.15, 0.2) is 35.5 Å². The van der Waals surface area contributed by atoms with Gasteiger partial charge in [0.1, 0.15) is 5.71 Å². The molecule has 0 aromatic heterocycles. The van der Waals surface area contributed by atoms with Crippen LogP contribution < -0.4 is 0 Å². The Balaban J connectivity index is 1.49. The van der Waals surface area contributed by atoms with Crippen LogP contribution in [0, 0.1) is 27.4 Å². The average Bonchev–Trinajstić information content (AvgIpc) is 3.31. The highest BCUT2D eigenvalue weighted by Gasteiger charge is 2.67. The Hall–Kier alpha value is -2.50. The van der Waals surface area contributed by atoms with Crippen molar-refractivity contribution >= 4 is 23.3 Å². The van der Waals surface area contributed by atoms with Gasteiger partial charge in [-0.3, -0.25) is 14.9 Å². The maximum Gasteiger partial charge on any atom is 0.270 e. The molecule has 1 aromatic carbocycles. The molecule has 26 heavy (non-hydrogen) atoms. The van der Waals surface area contributed by atoms with E-state index in [1.165, 1.54) is 24.6 Å². The predicted octanol–water partition coefficient (Wildman–Crippen LogP) is 4.15. The summed E-state index contributed by atoms with van der Waals surface area (Å²) >= 11 is 0. The Morgan fingerprint density at radius 1 is 1.35 bits per heavy atom. The van der Waals surface area contributed by atoms with Crippen molar-refractivity contribution in [2.24, 2.45) is 22.4 Å². The molecule has 3 unspecified atom stereocenters. The van der Waals surface area contributed by atoms with Crippen LogP contribution in [0.25, 0.3) is 6.08 Å². The molecule has 1 aliphatic heterocycles. The van der Waals surface area contributed by atoms with Crippen LogP contribution in [-0.4, -0.2) is 22.0 Å². The Kier molecular flexibility index (Phi) is 3.75. The van der Waals surface area contributed by atoms with E-state index in [0.717, 1.165) is 12.8 Å².